The molecule has 0 aromatic heterocycles. The maximum Gasteiger partial charge on any atom is 0.296 e. The van der Waals surface area contributed by atoms with E-state index in [0.717, 1.165) is 54.7 Å². The molecular formula is C32H32N4O2. The number of nitrogens with zero attached hydrogens (tertiary/aromatic N) is 1. The monoisotopic (exact) mass is 504 g/mol. The summed E-state index contributed by atoms with van der Waals surface area (Å²) in [5.74, 6) is 5.21. The molecule has 1 fully saturated rings. The van der Waals surface area contributed by atoms with Gasteiger partial charge in [0.05, 0.1) is 17.0 Å². The average molecular weight is 505 g/mol. The lowest BCUT2D eigenvalue weighted by molar-refractivity contribution is -0.116. The molecular weight excluding hydrogens is 472 g/mol. The van der Waals surface area contributed by atoms with Gasteiger partial charge in [0.1, 0.15) is 0 Å². The molecule has 0 bridgehead atoms. The van der Waals surface area contributed by atoms with Gasteiger partial charge in [-0.05, 0) is 62.3 Å². The molecule has 2 amide bonds. The lowest BCUT2D eigenvalue weighted by Crippen LogP contribution is -2.31. The van der Waals surface area contributed by atoms with E-state index in [1.807, 2.05) is 74.8 Å². The number of carbonyl (C=O) groups excluding carboxylic acids is 2. The van der Waals surface area contributed by atoms with Crippen molar-refractivity contribution in [3.8, 4) is 11.8 Å². The van der Waals surface area contributed by atoms with Crippen molar-refractivity contribution in [3.63, 3.8) is 0 Å². The van der Waals surface area contributed by atoms with E-state index in [0.29, 0.717) is 16.8 Å². The van der Waals surface area contributed by atoms with Crippen molar-refractivity contribution in [2.75, 3.05) is 24.7 Å². The second-order valence-electron chi connectivity index (χ2n) is 10.1. The summed E-state index contributed by atoms with van der Waals surface area (Å²) in [6.45, 7) is 0.857. The van der Waals surface area contributed by atoms with Gasteiger partial charge in [0.25, 0.3) is 11.8 Å². The van der Waals surface area contributed by atoms with Gasteiger partial charge < -0.3 is 20.9 Å². The Labute approximate surface area is 224 Å². The Morgan fingerprint density at radius 2 is 1.74 bits per heavy atom. The standard InChI is InChI=1S/C32H32N4O2/c1-36(2)21-23-12-16-26(17-13-23)34-31(24-8-4-3-5-9-24)30-27-18-14-22(20-28(27)35-32(30)38)15-19-29(37)33-25-10-6-7-11-25/h3-5,8-9,12-14,16-18,20,25,34H,6-7,10-11,21H2,1-2H3,(H,33,37)(H,35,38). The summed E-state index contributed by atoms with van der Waals surface area (Å²) in [5, 5.41) is 9.48. The molecule has 0 unspecified atom stereocenters. The highest BCUT2D eigenvalue weighted by atomic mass is 16.2. The number of benzene rings is 3. The van der Waals surface area contributed by atoms with Crippen molar-refractivity contribution in [1.82, 2.24) is 10.2 Å². The average Bonchev–Trinajstić information content (AvgIpc) is 3.53. The minimum absolute atomic E-state index is 0.181. The van der Waals surface area contributed by atoms with Crippen molar-refractivity contribution in [2.45, 2.75) is 38.3 Å². The third kappa shape index (κ3) is 5.96. The first-order valence-electron chi connectivity index (χ1n) is 13.0. The molecule has 6 nitrogen and oxygen atoms in total. The quantitative estimate of drug-likeness (QED) is 0.323. The zero-order chi connectivity index (χ0) is 26.5. The van der Waals surface area contributed by atoms with Crippen LogP contribution in [0, 0.1) is 11.8 Å². The molecule has 6 heteroatoms. The lowest BCUT2D eigenvalue weighted by Gasteiger charge is -2.16. The maximum absolute atomic E-state index is 13.3. The van der Waals surface area contributed by atoms with Crippen LogP contribution >= 0.6 is 0 Å². The normalized spacial score (nSPS) is 15.9. The van der Waals surface area contributed by atoms with E-state index in [1.54, 1.807) is 0 Å². The molecule has 0 atom stereocenters. The number of carbonyl (C=O) groups is 2. The number of fused-ring (bicyclic) bond motifs is 1. The van der Waals surface area contributed by atoms with Gasteiger partial charge in [-0.3, -0.25) is 9.59 Å². The molecule has 1 heterocycles. The molecule has 1 aliphatic carbocycles. The van der Waals surface area contributed by atoms with E-state index in [9.17, 15) is 9.59 Å². The number of hydrogen-bond acceptors (Lipinski definition) is 4. The van der Waals surface area contributed by atoms with Gasteiger partial charge >= 0.3 is 0 Å². The van der Waals surface area contributed by atoms with Crippen LogP contribution in [0.25, 0.3) is 11.3 Å². The van der Waals surface area contributed by atoms with Crippen LogP contribution < -0.4 is 16.0 Å². The topological polar surface area (TPSA) is 73.5 Å². The number of rotatable bonds is 6. The van der Waals surface area contributed by atoms with Gasteiger partial charge in [-0.2, -0.15) is 0 Å². The first-order chi connectivity index (χ1) is 18.5. The van der Waals surface area contributed by atoms with E-state index in [4.69, 9.17) is 0 Å². The Bertz CT molecular complexity index is 1420. The summed E-state index contributed by atoms with van der Waals surface area (Å²) in [7, 11) is 4.09. The zero-order valence-electron chi connectivity index (χ0n) is 21.8. The molecule has 3 N–H and O–H groups in total. The number of hydrogen-bond donors (Lipinski definition) is 3. The molecule has 192 valence electrons. The van der Waals surface area contributed by atoms with E-state index in [1.165, 1.54) is 5.56 Å². The molecule has 1 aliphatic heterocycles. The Kier molecular flexibility index (Phi) is 7.57. The maximum atomic E-state index is 13.3. The fourth-order valence-electron chi connectivity index (χ4n) is 5.01. The molecule has 0 radical (unpaired) electrons. The van der Waals surface area contributed by atoms with E-state index < -0.39 is 0 Å². The minimum Gasteiger partial charge on any atom is -0.354 e. The van der Waals surface area contributed by atoms with Crippen molar-refractivity contribution < 1.29 is 9.59 Å². The predicted molar refractivity (Wildman–Crippen MR) is 153 cm³/mol. The van der Waals surface area contributed by atoms with Gasteiger partial charge in [-0.15, -0.1) is 0 Å². The molecule has 3 aromatic carbocycles. The Balaban J connectivity index is 1.44. The van der Waals surface area contributed by atoms with Crippen LogP contribution in [0.3, 0.4) is 0 Å². The minimum atomic E-state index is -0.255. The molecule has 3 aromatic rings. The predicted octanol–water partition coefficient (Wildman–Crippen LogP) is 5.09. The smallest absolute Gasteiger partial charge is 0.296 e. The van der Waals surface area contributed by atoms with Gasteiger partial charge in [-0.25, -0.2) is 0 Å². The number of anilines is 2. The van der Waals surface area contributed by atoms with Crippen LogP contribution in [0.4, 0.5) is 11.4 Å². The summed E-state index contributed by atoms with van der Waals surface area (Å²) in [4.78, 5) is 27.6. The molecule has 5 rings (SSSR count). The summed E-state index contributed by atoms with van der Waals surface area (Å²) in [6.07, 6.45) is 4.34. The van der Waals surface area contributed by atoms with Crippen LogP contribution in [0.5, 0.6) is 0 Å². The first-order valence-corrected chi connectivity index (χ1v) is 13.0. The highest BCUT2D eigenvalue weighted by Crippen LogP contribution is 2.38. The van der Waals surface area contributed by atoms with Crippen molar-refractivity contribution in [3.05, 3.63) is 95.1 Å². The molecule has 1 saturated carbocycles. The molecule has 0 saturated heterocycles. The van der Waals surface area contributed by atoms with Gasteiger partial charge in [0.2, 0.25) is 0 Å². The largest absolute Gasteiger partial charge is 0.354 e. The van der Waals surface area contributed by atoms with Crippen LogP contribution in [0.2, 0.25) is 0 Å². The fourth-order valence-corrected chi connectivity index (χ4v) is 5.01. The third-order valence-electron chi connectivity index (χ3n) is 6.81. The van der Waals surface area contributed by atoms with Gasteiger partial charge in [0, 0.05) is 35.3 Å². The number of nitrogens with one attached hydrogen (secondary N) is 3. The van der Waals surface area contributed by atoms with Crippen LogP contribution in [0.15, 0.2) is 72.8 Å². The van der Waals surface area contributed by atoms with Gasteiger partial charge in [0.15, 0.2) is 0 Å². The molecule has 2 aliphatic rings. The summed E-state index contributed by atoms with van der Waals surface area (Å²) in [6, 6.07) is 23.9. The SMILES string of the molecule is CN(C)Cc1ccc(NC(=C2C(=O)Nc3cc(C#CC(=O)NC4CCCC4)ccc32)c2ccccc2)cc1. The van der Waals surface area contributed by atoms with E-state index in [-0.39, 0.29) is 17.9 Å². The van der Waals surface area contributed by atoms with Crippen LogP contribution in [0.1, 0.15) is 47.9 Å². The van der Waals surface area contributed by atoms with Gasteiger partial charge in [-0.1, -0.05) is 67.3 Å². The Morgan fingerprint density at radius 1 is 1.00 bits per heavy atom. The van der Waals surface area contributed by atoms with Crippen molar-refractivity contribution in [2.24, 2.45) is 0 Å². The summed E-state index contributed by atoms with van der Waals surface area (Å²) < 4.78 is 0. The Hall–Kier alpha value is -4.34. The molecule has 0 spiro atoms. The Morgan fingerprint density at radius 3 is 2.45 bits per heavy atom. The second kappa shape index (κ2) is 11.4. The summed E-state index contributed by atoms with van der Waals surface area (Å²) >= 11 is 0. The van der Waals surface area contributed by atoms with E-state index >= 15 is 0 Å². The molecule has 38 heavy (non-hydrogen) atoms. The van der Waals surface area contributed by atoms with Crippen molar-refractivity contribution >= 4 is 34.5 Å². The lowest BCUT2D eigenvalue weighted by atomic mass is 9.99. The number of amides is 2. The van der Waals surface area contributed by atoms with E-state index in [2.05, 4.69) is 44.8 Å². The van der Waals surface area contributed by atoms with Crippen LogP contribution in [-0.4, -0.2) is 36.9 Å². The third-order valence-corrected chi connectivity index (χ3v) is 6.81. The highest BCUT2D eigenvalue weighted by Gasteiger charge is 2.28. The summed E-state index contributed by atoms with van der Waals surface area (Å²) in [5.41, 5.74) is 6.49. The van der Waals surface area contributed by atoms with Crippen LogP contribution in [-0.2, 0) is 16.1 Å². The highest BCUT2D eigenvalue weighted by molar-refractivity contribution is 6.37. The second-order valence-corrected chi connectivity index (χ2v) is 10.1. The fraction of sp³-hybridized carbons (Fsp3) is 0.250. The van der Waals surface area contributed by atoms with Crippen molar-refractivity contribution in [1.29, 1.82) is 0 Å². The first kappa shape index (κ1) is 25.3. The zero-order valence-corrected chi connectivity index (χ0v) is 21.8.